The highest BCUT2D eigenvalue weighted by Crippen LogP contribution is 2.32. The van der Waals surface area contributed by atoms with Gasteiger partial charge in [0, 0.05) is 10.6 Å². The fourth-order valence-electron chi connectivity index (χ4n) is 2.50. The summed E-state index contributed by atoms with van der Waals surface area (Å²) in [6.07, 6.45) is 1.43. The van der Waals surface area contributed by atoms with Gasteiger partial charge in [-0.15, -0.1) is 0 Å². The van der Waals surface area contributed by atoms with Crippen molar-refractivity contribution in [3.63, 3.8) is 0 Å². The highest BCUT2D eigenvalue weighted by atomic mass is 35.5. The summed E-state index contributed by atoms with van der Waals surface area (Å²) in [7, 11) is -3.86. The Morgan fingerprint density at radius 2 is 2.08 bits per heavy atom. The first-order chi connectivity index (χ1) is 11.8. The van der Waals surface area contributed by atoms with Crippen LogP contribution in [0, 0.1) is 6.92 Å². The largest absolute Gasteiger partial charge is 0.466 e. The molecule has 0 amide bonds. The zero-order chi connectivity index (χ0) is 18.1. The van der Waals surface area contributed by atoms with Crippen LogP contribution in [0.4, 0.5) is 0 Å². The van der Waals surface area contributed by atoms with Crippen LogP contribution < -0.4 is 4.72 Å². The van der Waals surface area contributed by atoms with Gasteiger partial charge in [-0.3, -0.25) is 0 Å². The lowest BCUT2D eigenvalue weighted by molar-refractivity contribution is 0.0623. The van der Waals surface area contributed by atoms with Crippen LogP contribution in [-0.2, 0) is 15.6 Å². The van der Waals surface area contributed by atoms with Crippen LogP contribution >= 0.6 is 22.9 Å². The van der Waals surface area contributed by atoms with Gasteiger partial charge in [-0.05, 0) is 53.6 Å². The fourth-order valence-corrected chi connectivity index (χ4v) is 4.78. The molecule has 2 N–H and O–H groups in total. The Bertz CT molecular complexity index is 916. The summed E-state index contributed by atoms with van der Waals surface area (Å²) in [4.78, 5) is 0.0760. The molecule has 3 rings (SSSR count). The quantitative estimate of drug-likeness (QED) is 0.667. The van der Waals surface area contributed by atoms with E-state index in [1.54, 1.807) is 48.0 Å². The molecule has 0 bridgehead atoms. The van der Waals surface area contributed by atoms with Crippen molar-refractivity contribution < 1.29 is 17.9 Å². The summed E-state index contributed by atoms with van der Waals surface area (Å²) >= 11 is 7.42. The Hall–Kier alpha value is -1.64. The lowest BCUT2D eigenvalue weighted by atomic mass is 9.94. The zero-order valence-electron chi connectivity index (χ0n) is 13.3. The molecule has 3 aromatic rings. The molecule has 0 aliphatic rings. The van der Waals surface area contributed by atoms with E-state index in [4.69, 9.17) is 16.0 Å². The van der Waals surface area contributed by atoms with Gasteiger partial charge in [-0.1, -0.05) is 17.7 Å². The summed E-state index contributed by atoms with van der Waals surface area (Å²) in [6, 6.07) is 9.65. The maximum Gasteiger partial charge on any atom is 0.241 e. The molecule has 0 spiro atoms. The van der Waals surface area contributed by atoms with Gasteiger partial charge in [0.2, 0.25) is 10.0 Å². The van der Waals surface area contributed by atoms with Crippen molar-refractivity contribution in [3.05, 3.63) is 75.3 Å². The topological polar surface area (TPSA) is 79.5 Å². The third-order valence-electron chi connectivity index (χ3n) is 3.95. The number of nitrogens with one attached hydrogen (secondary N) is 1. The molecule has 0 aliphatic carbocycles. The smallest absolute Gasteiger partial charge is 0.241 e. The van der Waals surface area contributed by atoms with E-state index < -0.39 is 15.6 Å². The molecule has 25 heavy (non-hydrogen) atoms. The van der Waals surface area contributed by atoms with Crippen molar-refractivity contribution in [1.29, 1.82) is 0 Å². The van der Waals surface area contributed by atoms with Crippen LogP contribution in [0.1, 0.15) is 16.9 Å². The van der Waals surface area contributed by atoms with Crippen LogP contribution in [0.5, 0.6) is 0 Å². The number of hydrogen-bond acceptors (Lipinski definition) is 5. The number of aliphatic hydroxyl groups is 1. The average Bonchev–Trinajstić information content (AvgIpc) is 3.29. The summed E-state index contributed by atoms with van der Waals surface area (Å²) in [6.45, 7) is 1.36. The number of sulfonamides is 1. The van der Waals surface area contributed by atoms with Crippen molar-refractivity contribution in [1.82, 2.24) is 4.72 Å². The van der Waals surface area contributed by atoms with E-state index in [1.165, 1.54) is 23.7 Å². The summed E-state index contributed by atoms with van der Waals surface area (Å²) in [5, 5.41) is 15.0. The Labute approximate surface area is 154 Å². The Morgan fingerprint density at radius 1 is 1.28 bits per heavy atom. The first-order valence-electron chi connectivity index (χ1n) is 7.38. The van der Waals surface area contributed by atoms with Crippen molar-refractivity contribution in [2.75, 3.05) is 6.54 Å². The van der Waals surface area contributed by atoms with Gasteiger partial charge in [-0.2, -0.15) is 11.3 Å². The maximum atomic E-state index is 12.7. The van der Waals surface area contributed by atoms with Crippen molar-refractivity contribution in [2.45, 2.75) is 17.4 Å². The molecule has 132 valence electrons. The third kappa shape index (κ3) is 3.51. The molecule has 0 unspecified atom stereocenters. The lowest BCUT2D eigenvalue weighted by Gasteiger charge is -2.26. The molecule has 5 nitrogen and oxygen atoms in total. The third-order valence-corrected chi connectivity index (χ3v) is 6.59. The van der Waals surface area contributed by atoms with Crippen LogP contribution in [0.25, 0.3) is 0 Å². The van der Waals surface area contributed by atoms with Gasteiger partial charge >= 0.3 is 0 Å². The molecule has 1 atom stereocenters. The minimum Gasteiger partial charge on any atom is -0.466 e. The van der Waals surface area contributed by atoms with Gasteiger partial charge in [0.05, 0.1) is 17.7 Å². The molecule has 0 aliphatic heterocycles. The predicted octanol–water partition coefficient (Wildman–Crippen LogP) is 3.52. The zero-order valence-corrected chi connectivity index (χ0v) is 15.7. The molecular weight excluding hydrogens is 382 g/mol. The Morgan fingerprint density at radius 3 is 2.72 bits per heavy atom. The molecule has 0 saturated carbocycles. The van der Waals surface area contributed by atoms with E-state index in [0.29, 0.717) is 16.1 Å². The molecule has 2 aromatic heterocycles. The molecule has 0 saturated heterocycles. The summed E-state index contributed by atoms with van der Waals surface area (Å²) < 4.78 is 33.2. The van der Waals surface area contributed by atoms with Crippen LogP contribution in [0.2, 0.25) is 5.02 Å². The second kappa shape index (κ2) is 6.93. The van der Waals surface area contributed by atoms with E-state index in [-0.39, 0.29) is 17.2 Å². The number of rotatable bonds is 6. The molecule has 0 radical (unpaired) electrons. The minimum absolute atomic E-state index is 0.0760. The average molecular weight is 398 g/mol. The van der Waals surface area contributed by atoms with E-state index >= 15 is 0 Å². The van der Waals surface area contributed by atoms with Gasteiger partial charge in [0.1, 0.15) is 5.76 Å². The fraction of sp³-hybridized carbons (Fsp3) is 0.176. The van der Waals surface area contributed by atoms with Crippen molar-refractivity contribution in [2.24, 2.45) is 0 Å². The SMILES string of the molecule is Cc1c(Cl)cccc1S(=O)(=O)NC[C@@](O)(c1ccsc1)c1ccco1. The van der Waals surface area contributed by atoms with Crippen LogP contribution in [0.15, 0.2) is 62.7 Å². The van der Waals surface area contributed by atoms with E-state index in [2.05, 4.69) is 4.72 Å². The Balaban J connectivity index is 1.93. The molecule has 2 heterocycles. The number of hydrogen-bond donors (Lipinski definition) is 2. The molecule has 8 heteroatoms. The predicted molar refractivity (Wildman–Crippen MR) is 97.4 cm³/mol. The van der Waals surface area contributed by atoms with Crippen molar-refractivity contribution >= 4 is 33.0 Å². The molecule has 1 aromatic carbocycles. The van der Waals surface area contributed by atoms with Crippen molar-refractivity contribution in [3.8, 4) is 0 Å². The highest BCUT2D eigenvalue weighted by Gasteiger charge is 2.36. The highest BCUT2D eigenvalue weighted by molar-refractivity contribution is 7.89. The van der Waals surface area contributed by atoms with Gasteiger partial charge in [0.25, 0.3) is 0 Å². The normalized spacial score (nSPS) is 14.4. The molecule has 0 fully saturated rings. The number of benzene rings is 1. The van der Waals surface area contributed by atoms with Gasteiger partial charge in [-0.25, -0.2) is 13.1 Å². The lowest BCUT2D eigenvalue weighted by Crippen LogP contribution is -2.41. The van der Waals surface area contributed by atoms with Crippen LogP contribution in [-0.4, -0.2) is 20.1 Å². The number of thiophene rings is 1. The summed E-state index contributed by atoms with van der Waals surface area (Å²) in [5.41, 5.74) is -0.602. The summed E-state index contributed by atoms with van der Waals surface area (Å²) in [5.74, 6) is 0.261. The standard InChI is InChI=1S/C17H16ClNO4S2/c1-12-14(18)4-2-5-15(12)25(21,22)19-11-17(20,13-7-9-24-10-13)16-6-3-8-23-16/h2-10,19-20H,11H2,1H3/t17-/m1/s1. The van der Waals surface area contributed by atoms with E-state index in [9.17, 15) is 13.5 Å². The second-order valence-electron chi connectivity index (χ2n) is 5.54. The maximum absolute atomic E-state index is 12.7. The molecular formula is C17H16ClNO4S2. The van der Waals surface area contributed by atoms with Gasteiger partial charge < -0.3 is 9.52 Å². The number of furan rings is 1. The Kier molecular flexibility index (Phi) is 5.04. The number of halogens is 1. The van der Waals surface area contributed by atoms with Gasteiger partial charge in [0.15, 0.2) is 5.60 Å². The van der Waals surface area contributed by atoms with E-state index in [1.807, 2.05) is 0 Å². The van der Waals surface area contributed by atoms with E-state index in [0.717, 1.165) is 0 Å². The monoisotopic (exact) mass is 397 g/mol. The van der Waals surface area contributed by atoms with Crippen LogP contribution in [0.3, 0.4) is 0 Å². The first kappa shape index (κ1) is 18.2. The minimum atomic E-state index is -3.86. The second-order valence-corrected chi connectivity index (χ2v) is 8.46. The first-order valence-corrected chi connectivity index (χ1v) is 10.2.